The highest BCUT2D eigenvalue weighted by Gasteiger charge is 2.31. The minimum Gasteiger partial charge on any atom is -0.465 e. The SMILES string of the molecule is CC(C)(C)C(COCCOCC#Cc1ccc2c3cccnc3n(C3CCC(=O)NC3=O)c2c1)NC(=O)O. The minimum absolute atomic E-state index is 0.204. The summed E-state index contributed by atoms with van der Waals surface area (Å²) in [6, 6.07) is 8.78. The van der Waals surface area contributed by atoms with Gasteiger partial charge in [-0.15, -0.1) is 0 Å². The summed E-state index contributed by atoms with van der Waals surface area (Å²) < 4.78 is 13.0. The van der Waals surface area contributed by atoms with Crippen LogP contribution in [0.2, 0.25) is 0 Å². The fourth-order valence-electron chi connectivity index (χ4n) is 4.43. The number of nitrogens with one attached hydrogen (secondary N) is 2. The van der Waals surface area contributed by atoms with E-state index < -0.39 is 12.1 Å². The molecule has 0 spiro atoms. The first-order valence-electron chi connectivity index (χ1n) is 12.5. The second kappa shape index (κ2) is 11.6. The zero-order chi connectivity index (χ0) is 27.3. The normalized spacial score (nSPS) is 16.7. The maximum absolute atomic E-state index is 12.7. The van der Waals surface area contributed by atoms with Gasteiger partial charge in [-0.3, -0.25) is 14.9 Å². The summed E-state index contributed by atoms with van der Waals surface area (Å²) in [6.07, 6.45) is 1.30. The van der Waals surface area contributed by atoms with E-state index in [0.29, 0.717) is 25.3 Å². The summed E-state index contributed by atoms with van der Waals surface area (Å²) in [4.78, 5) is 39.9. The summed E-state index contributed by atoms with van der Waals surface area (Å²) in [5, 5.41) is 15.8. The Morgan fingerprint density at radius 1 is 1.24 bits per heavy atom. The first kappa shape index (κ1) is 27.1. The highest BCUT2D eigenvalue weighted by molar-refractivity contribution is 6.09. The highest BCUT2D eigenvalue weighted by atomic mass is 16.5. The number of rotatable bonds is 8. The van der Waals surface area contributed by atoms with Gasteiger partial charge in [0.15, 0.2) is 0 Å². The summed E-state index contributed by atoms with van der Waals surface area (Å²) in [7, 11) is 0. The topological polar surface area (TPSA) is 132 Å². The van der Waals surface area contributed by atoms with Crippen LogP contribution in [0.1, 0.15) is 45.2 Å². The van der Waals surface area contributed by atoms with Crippen LogP contribution < -0.4 is 10.6 Å². The number of nitrogens with zero attached hydrogens (tertiary/aromatic N) is 2. The molecular weight excluding hydrogens is 488 g/mol. The summed E-state index contributed by atoms with van der Waals surface area (Å²) in [6.45, 7) is 6.94. The van der Waals surface area contributed by atoms with Crippen LogP contribution in [-0.4, -0.2) is 65.0 Å². The highest BCUT2D eigenvalue weighted by Crippen LogP contribution is 2.33. The molecule has 1 saturated heterocycles. The molecule has 10 heteroatoms. The number of fused-ring (bicyclic) bond motifs is 3. The van der Waals surface area contributed by atoms with Crippen molar-refractivity contribution in [1.82, 2.24) is 20.2 Å². The Morgan fingerprint density at radius 2 is 2.03 bits per heavy atom. The van der Waals surface area contributed by atoms with Gasteiger partial charge >= 0.3 is 6.09 Å². The second-order valence-corrected chi connectivity index (χ2v) is 10.2. The van der Waals surface area contributed by atoms with Crippen LogP contribution in [-0.2, 0) is 19.1 Å². The fourth-order valence-corrected chi connectivity index (χ4v) is 4.43. The summed E-state index contributed by atoms with van der Waals surface area (Å²) in [5.74, 6) is 5.51. The van der Waals surface area contributed by atoms with Crippen molar-refractivity contribution in [2.24, 2.45) is 5.41 Å². The van der Waals surface area contributed by atoms with Gasteiger partial charge in [0.25, 0.3) is 0 Å². The number of carbonyl (C=O) groups excluding carboxylic acids is 2. The van der Waals surface area contributed by atoms with Gasteiger partial charge in [0, 0.05) is 29.0 Å². The van der Waals surface area contributed by atoms with Crippen LogP contribution >= 0.6 is 0 Å². The molecule has 4 rings (SSSR count). The number of piperidine rings is 1. The number of carboxylic acid groups (broad SMARTS) is 1. The molecule has 1 aliphatic rings. The largest absolute Gasteiger partial charge is 0.465 e. The van der Waals surface area contributed by atoms with Crippen molar-refractivity contribution in [3.8, 4) is 11.8 Å². The zero-order valence-electron chi connectivity index (χ0n) is 21.7. The number of carbonyl (C=O) groups is 3. The van der Waals surface area contributed by atoms with E-state index in [1.807, 2.05) is 55.7 Å². The van der Waals surface area contributed by atoms with Gasteiger partial charge in [0.05, 0.1) is 31.4 Å². The molecular formula is C28H32N4O6. The third-order valence-corrected chi connectivity index (χ3v) is 6.49. The lowest BCUT2D eigenvalue weighted by molar-refractivity contribution is -0.135. The van der Waals surface area contributed by atoms with Crippen LogP contribution in [0, 0.1) is 17.3 Å². The van der Waals surface area contributed by atoms with E-state index in [9.17, 15) is 14.4 Å². The minimum atomic E-state index is -1.08. The van der Waals surface area contributed by atoms with Crippen LogP contribution in [0.3, 0.4) is 0 Å². The predicted molar refractivity (Wildman–Crippen MR) is 142 cm³/mol. The van der Waals surface area contributed by atoms with Gasteiger partial charge < -0.3 is 24.5 Å². The average molecular weight is 521 g/mol. The lowest BCUT2D eigenvalue weighted by Gasteiger charge is -2.30. The Bertz CT molecular complexity index is 1410. The molecule has 0 saturated carbocycles. The van der Waals surface area contributed by atoms with Crippen molar-refractivity contribution in [3.05, 3.63) is 42.1 Å². The van der Waals surface area contributed by atoms with Crippen LogP contribution in [0.5, 0.6) is 0 Å². The first-order chi connectivity index (χ1) is 18.1. The monoisotopic (exact) mass is 520 g/mol. The number of hydrogen-bond acceptors (Lipinski definition) is 6. The molecule has 10 nitrogen and oxygen atoms in total. The molecule has 1 aromatic carbocycles. The van der Waals surface area contributed by atoms with Crippen molar-refractivity contribution >= 4 is 39.8 Å². The van der Waals surface area contributed by atoms with E-state index in [-0.39, 0.29) is 42.9 Å². The Hall–Kier alpha value is -3.94. The van der Waals surface area contributed by atoms with Crippen LogP contribution in [0.4, 0.5) is 4.79 Å². The van der Waals surface area contributed by atoms with E-state index in [1.165, 1.54) is 0 Å². The molecule has 2 unspecified atom stereocenters. The Morgan fingerprint density at radius 3 is 2.76 bits per heavy atom. The lowest BCUT2D eigenvalue weighted by Crippen LogP contribution is -2.46. The number of pyridine rings is 1. The van der Waals surface area contributed by atoms with Gasteiger partial charge in [-0.25, -0.2) is 9.78 Å². The number of ether oxygens (including phenoxy) is 2. The Balaban J connectivity index is 1.39. The predicted octanol–water partition coefficient (Wildman–Crippen LogP) is 3.23. The van der Waals surface area contributed by atoms with Gasteiger partial charge in [-0.2, -0.15) is 0 Å². The molecule has 1 fully saturated rings. The number of hydrogen-bond donors (Lipinski definition) is 3. The molecule has 0 bridgehead atoms. The van der Waals surface area contributed by atoms with Crippen LogP contribution in [0.15, 0.2) is 36.5 Å². The summed E-state index contributed by atoms with van der Waals surface area (Å²) >= 11 is 0. The number of benzene rings is 1. The molecule has 38 heavy (non-hydrogen) atoms. The number of amides is 3. The molecule has 0 aliphatic carbocycles. The van der Waals surface area contributed by atoms with E-state index in [2.05, 4.69) is 27.5 Å². The van der Waals surface area contributed by atoms with Gasteiger partial charge in [0.1, 0.15) is 18.3 Å². The van der Waals surface area contributed by atoms with Gasteiger partial charge in [0.2, 0.25) is 11.8 Å². The van der Waals surface area contributed by atoms with Crippen molar-refractivity contribution in [3.63, 3.8) is 0 Å². The first-order valence-corrected chi connectivity index (χ1v) is 12.5. The molecule has 2 atom stereocenters. The van der Waals surface area contributed by atoms with E-state index in [1.54, 1.807) is 6.20 Å². The quantitative estimate of drug-likeness (QED) is 0.236. The molecule has 3 aromatic rings. The number of imide groups is 1. The van der Waals surface area contributed by atoms with Crippen molar-refractivity contribution in [2.45, 2.75) is 45.7 Å². The Kier molecular flexibility index (Phi) is 8.29. The van der Waals surface area contributed by atoms with E-state index in [4.69, 9.17) is 14.6 Å². The van der Waals surface area contributed by atoms with Crippen molar-refractivity contribution in [2.75, 3.05) is 26.4 Å². The molecule has 3 N–H and O–H groups in total. The molecule has 0 radical (unpaired) electrons. The molecule has 3 amide bonds. The van der Waals surface area contributed by atoms with Crippen molar-refractivity contribution in [1.29, 1.82) is 0 Å². The smallest absolute Gasteiger partial charge is 0.404 e. The standard InChI is InChI=1S/C28H32N4O6/c1-28(2,3)23(30-27(35)36)17-38-15-14-37-13-5-6-18-8-9-19-20-7-4-12-29-25(20)32(22(19)16-18)21-10-11-24(33)31-26(21)34/h4,7-9,12,16,21,23,30H,10-11,13-15,17H2,1-3H3,(H,35,36)(H,31,33,34). The fraction of sp³-hybridized carbons (Fsp3) is 0.429. The maximum Gasteiger partial charge on any atom is 0.404 e. The van der Waals surface area contributed by atoms with Crippen molar-refractivity contribution < 1.29 is 29.0 Å². The average Bonchev–Trinajstić information content (AvgIpc) is 3.17. The third-order valence-electron chi connectivity index (χ3n) is 6.49. The Labute approximate surface area is 220 Å². The zero-order valence-corrected chi connectivity index (χ0v) is 21.7. The lowest BCUT2D eigenvalue weighted by atomic mass is 9.87. The van der Waals surface area contributed by atoms with E-state index in [0.717, 1.165) is 21.9 Å². The molecule has 1 aliphatic heterocycles. The summed E-state index contributed by atoms with van der Waals surface area (Å²) in [5.41, 5.74) is 2.02. The van der Waals surface area contributed by atoms with Gasteiger partial charge in [-0.1, -0.05) is 38.7 Å². The van der Waals surface area contributed by atoms with Crippen LogP contribution in [0.25, 0.3) is 21.9 Å². The molecule has 2 aromatic heterocycles. The maximum atomic E-state index is 12.7. The second-order valence-electron chi connectivity index (χ2n) is 10.2. The molecule has 3 heterocycles. The van der Waals surface area contributed by atoms with Gasteiger partial charge in [-0.05, 0) is 36.1 Å². The third kappa shape index (κ3) is 6.30. The molecule has 200 valence electrons. The van der Waals surface area contributed by atoms with E-state index >= 15 is 0 Å². The number of aromatic nitrogens is 2.